The first kappa shape index (κ1) is 10.8. The van der Waals surface area contributed by atoms with E-state index in [1.54, 1.807) is 0 Å². The van der Waals surface area contributed by atoms with Crippen molar-refractivity contribution in [2.75, 3.05) is 5.43 Å². The van der Waals surface area contributed by atoms with Crippen molar-refractivity contribution in [1.29, 1.82) is 0 Å². The summed E-state index contributed by atoms with van der Waals surface area (Å²) < 4.78 is 1.97. The summed E-state index contributed by atoms with van der Waals surface area (Å²) in [4.78, 5) is 0. The first-order valence-electron chi connectivity index (χ1n) is 5.67. The Balaban J connectivity index is 2.34. The van der Waals surface area contributed by atoms with Crippen LogP contribution in [0.15, 0.2) is 42.7 Å². The molecule has 0 radical (unpaired) electrons. The van der Waals surface area contributed by atoms with Crippen molar-refractivity contribution in [3.63, 3.8) is 0 Å². The quantitative estimate of drug-likeness (QED) is 0.822. The van der Waals surface area contributed by atoms with Gasteiger partial charge in [0.05, 0.1) is 5.69 Å². The smallest absolute Gasteiger partial charge is 0.0582 e. The zero-order valence-electron chi connectivity index (χ0n) is 10.1. The van der Waals surface area contributed by atoms with Gasteiger partial charge in [0.1, 0.15) is 0 Å². The zero-order valence-corrected chi connectivity index (χ0v) is 10.1. The molecular formula is C14H18N2. The number of hydrogen-bond acceptors (Lipinski definition) is 1. The fourth-order valence-corrected chi connectivity index (χ4v) is 1.82. The van der Waals surface area contributed by atoms with Crippen molar-refractivity contribution >= 4 is 5.69 Å². The number of hydrogen-bond donors (Lipinski definition) is 1. The molecule has 0 aliphatic heterocycles. The van der Waals surface area contributed by atoms with Crippen LogP contribution in [-0.2, 0) is 0 Å². The van der Waals surface area contributed by atoms with Crippen molar-refractivity contribution in [2.24, 2.45) is 0 Å². The summed E-state index contributed by atoms with van der Waals surface area (Å²) in [6.07, 6.45) is 4.01. The highest BCUT2D eigenvalue weighted by Crippen LogP contribution is 2.25. The molecule has 2 nitrogen and oxygen atoms in total. The minimum absolute atomic E-state index is 0.527. The highest BCUT2D eigenvalue weighted by atomic mass is 15.4. The summed E-state index contributed by atoms with van der Waals surface area (Å²) >= 11 is 0. The first-order chi connectivity index (χ1) is 7.66. The topological polar surface area (TPSA) is 17.0 Å². The van der Waals surface area contributed by atoms with Crippen LogP contribution in [0.25, 0.3) is 0 Å². The van der Waals surface area contributed by atoms with E-state index in [0.29, 0.717) is 5.92 Å². The van der Waals surface area contributed by atoms with Crippen LogP contribution in [0.3, 0.4) is 0 Å². The second kappa shape index (κ2) is 4.44. The van der Waals surface area contributed by atoms with Gasteiger partial charge in [0.15, 0.2) is 0 Å². The second-order valence-electron chi connectivity index (χ2n) is 4.45. The van der Waals surface area contributed by atoms with E-state index in [1.165, 1.54) is 16.8 Å². The number of nitrogens with one attached hydrogen (secondary N) is 1. The molecule has 0 atom stereocenters. The highest BCUT2D eigenvalue weighted by Gasteiger charge is 2.06. The van der Waals surface area contributed by atoms with Crippen LogP contribution < -0.4 is 5.43 Å². The molecule has 16 heavy (non-hydrogen) atoms. The van der Waals surface area contributed by atoms with E-state index in [0.717, 1.165) is 0 Å². The van der Waals surface area contributed by atoms with Gasteiger partial charge in [0.25, 0.3) is 0 Å². The molecule has 0 unspecified atom stereocenters. The Labute approximate surface area is 96.9 Å². The molecule has 1 heterocycles. The molecule has 2 rings (SSSR count). The molecule has 1 aromatic heterocycles. The van der Waals surface area contributed by atoms with Crippen molar-refractivity contribution in [3.8, 4) is 0 Å². The Hall–Kier alpha value is -1.70. The predicted octanol–water partition coefficient (Wildman–Crippen LogP) is 3.80. The van der Waals surface area contributed by atoms with E-state index < -0.39 is 0 Å². The number of anilines is 1. The van der Waals surface area contributed by atoms with Gasteiger partial charge in [-0.3, -0.25) is 10.1 Å². The molecular weight excluding hydrogens is 196 g/mol. The fraction of sp³-hybridized carbons (Fsp3) is 0.286. The Morgan fingerprint density at radius 1 is 1.12 bits per heavy atom. The highest BCUT2D eigenvalue weighted by molar-refractivity contribution is 5.54. The van der Waals surface area contributed by atoms with Crippen molar-refractivity contribution in [3.05, 3.63) is 53.9 Å². The predicted molar refractivity (Wildman–Crippen MR) is 68.7 cm³/mol. The molecule has 0 fully saturated rings. The maximum absolute atomic E-state index is 3.39. The SMILES string of the molecule is Cc1ccc(C(C)C)c(Nn2cccc2)c1. The molecule has 0 spiro atoms. The van der Waals surface area contributed by atoms with Crippen LogP contribution in [0, 0.1) is 6.92 Å². The van der Waals surface area contributed by atoms with E-state index in [1.807, 2.05) is 29.2 Å². The summed E-state index contributed by atoms with van der Waals surface area (Å²) in [7, 11) is 0. The summed E-state index contributed by atoms with van der Waals surface area (Å²) in [6, 6.07) is 10.6. The van der Waals surface area contributed by atoms with Gasteiger partial charge in [0, 0.05) is 12.4 Å². The van der Waals surface area contributed by atoms with Gasteiger partial charge in [0.2, 0.25) is 0 Å². The van der Waals surface area contributed by atoms with Crippen LogP contribution in [0.4, 0.5) is 5.69 Å². The lowest BCUT2D eigenvalue weighted by molar-refractivity contribution is 0.855. The van der Waals surface area contributed by atoms with Crippen LogP contribution in [0.5, 0.6) is 0 Å². The normalized spacial score (nSPS) is 10.8. The van der Waals surface area contributed by atoms with Gasteiger partial charge in [-0.2, -0.15) is 0 Å². The van der Waals surface area contributed by atoms with E-state index in [4.69, 9.17) is 0 Å². The van der Waals surface area contributed by atoms with Gasteiger partial charge in [-0.1, -0.05) is 26.0 Å². The Kier molecular flexibility index (Phi) is 3.00. The average molecular weight is 214 g/mol. The average Bonchev–Trinajstić information content (AvgIpc) is 2.70. The maximum Gasteiger partial charge on any atom is 0.0582 e. The first-order valence-corrected chi connectivity index (χ1v) is 5.67. The van der Waals surface area contributed by atoms with Gasteiger partial charge in [-0.25, -0.2) is 0 Å². The lowest BCUT2D eigenvalue weighted by atomic mass is 10.00. The van der Waals surface area contributed by atoms with Crippen LogP contribution in [0.1, 0.15) is 30.9 Å². The molecule has 2 heteroatoms. The molecule has 0 saturated carbocycles. The number of benzene rings is 1. The van der Waals surface area contributed by atoms with Crippen molar-refractivity contribution < 1.29 is 0 Å². The minimum atomic E-state index is 0.527. The second-order valence-corrected chi connectivity index (χ2v) is 4.45. The molecule has 84 valence electrons. The molecule has 0 saturated heterocycles. The van der Waals surface area contributed by atoms with E-state index >= 15 is 0 Å². The van der Waals surface area contributed by atoms with E-state index in [-0.39, 0.29) is 0 Å². The number of aromatic nitrogens is 1. The third kappa shape index (κ3) is 2.27. The monoisotopic (exact) mass is 214 g/mol. The minimum Gasteiger partial charge on any atom is -0.295 e. The molecule has 0 amide bonds. The summed E-state index contributed by atoms with van der Waals surface area (Å²) in [5, 5.41) is 0. The Morgan fingerprint density at radius 3 is 2.44 bits per heavy atom. The molecule has 0 aliphatic carbocycles. The molecule has 0 bridgehead atoms. The molecule has 0 aliphatic rings. The molecule has 1 aromatic carbocycles. The van der Waals surface area contributed by atoms with E-state index in [2.05, 4.69) is 44.4 Å². The Morgan fingerprint density at radius 2 is 1.81 bits per heavy atom. The number of rotatable bonds is 3. The number of nitrogens with zero attached hydrogens (tertiary/aromatic N) is 1. The van der Waals surface area contributed by atoms with Gasteiger partial charge < -0.3 is 0 Å². The lowest BCUT2D eigenvalue weighted by Crippen LogP contribution is -2.08. The Bertz CT molecular complexity index is 456. The molecule has 2 aromatic rings. The number of aryl methyl sites for hydroxylation is 1. The third-order valence-electron chi connectivity index (χ3n) is 2.68. The summed E-state index contributed by atoms with van der Waals surface area (Å²) in [6.45, 7) is 6.54. The van der Waals surface area contributed by atoms with Crippen LogP contribution in [0.2, 0.25) is 0 Å². The fourth-order valence-electron chi connectivity index (χ4n) is 1.82. The van der Waals surface area contributed by atoms with Crippen LogP contribution >= 0.6 is 0 Å². The van der Waals surface area contributed by atoms with Gasteiger partial charge >= 0.3 is 0 Å². The van der Waals surface area contributed by atoms with Crippen LogP contribution in [-0.4, -0.2) is 4.68 Å². The lowest BCUT2D eigenvalue weighted by Gasteiger charge is -2.16. The largest absolute Gasteiger partial charge is 0.295 e. The van der Waals surface area contributed by atoms with E-state index in [9.17, 15) is 0 Å². The van der Waals surface area contributed by atoms with Gasteiger partial charge in [-0.05, 0) is 42.2 Å². The third-order valence-corrected chi connectivity index (χ3v) is 2.68. The van der Waals surface area contributed by atoms with Gasteiger partial charge in [-0.15, -0.1) is 0 Å². The summed E-state index contributed by atoms with van der Waals surface area (Å²) in [5.41, 5.74) is 7.20. The van der Waals surface area contributed by atoms with Crippen molar-refractivity contribution in [1.82, 2.24) is 4.68 Å². The standard InChI is InChI=1S/C14H18N2/c1-11(2)13-7-6-12(3)10-14(13)15-16-8-4-5-9-16/h4-11,15H,1-3H3. The molecule has 1 N–H and O–H groups in total. The van der Waals surface area contributed by atoms with Crippen molar-refractivity contribution in [2.45, 2.75) is 26.7 Å². The zero-order chi connectivity index (χ0) is 11.5. The summed E-state index contributed by atoms with van der Waals surface area (Å²) in [5.74, 6) is 0.527. The maximum atomic E-state index is 3.39.